The third-order valence-corrected chi connectivity index (χ3v) is 0.577. The molecule has 0 saturated carbocycles. The molecule has 140 valence electrons. The maximum absolute atomic E-state index is 8.52. The van der Waals surface area contributed by atoms with E-state index in [2.05, 4.69) is 5.32 Å². The van der Waals surface area contributed by atoms with Crippen molar-refractivity contribution in [3.63, 3.8) is 0 Å². The maximum Gasteiger partial charge on any atom is 3.00 e. The molecule has 0 heterocycles. The Morgan fingerprint density at radius 2 is 0.708 bits per heavy atom. The van der Waals surface area contributed by atoms with E-state index in [9.17, 15) is 0 Å². The molecule has 3 N–H and O–H groups in total. The Labute approximate surface area is 160 Å². The summed E-state index contributed by atoms with van der Waals surface area (Å²) >= 11 is 0. The molecule has 24 heavy (non-hydrogen) atoms. The van der Waals surface area contributed by atoms with Crippen molar-refractivity contribution in [2.75, 3.05) is 26.3 Å². The van der Waals surface area contributed by atoms with Crippen LogP contribution in [-0.4, -0.2) is 124 Å². The number of rotatable bonds is 4. The van der Waals surface area contributed by atoms with E-state index in [4.69, 9.17) is 62.8 Å². The van der Waals surface area contributed by atoms with E-state index in [1.807, 2.05) is 0 Å². The molecular formula is C4H11Al2NO14S3. The van der Waals surface area contributed by atoms with Gasteiger partial charge in [0.25, 0.3) is 0 Å². The van der Waals surface area contributed by atoms with Gasteiger partial charge >= 0.3 is 34.7 Å². The van der Waals surface area contributed by atoms with Crippen molar-refractivity contribution < 1.29 is 62.8 Å². The summed E-state index contributed by atoms with van der Waals surface area (Å²) in [5.41, 5.74) is 0. The van der Waals surface area contributed by atoms with E-state index < -0.39 is 31.2 Å². The molecule has 0 aromatic heterocycles. The van der Waals surface area contributed by atoms with Crippen LogP contribution >= 0.6 is 0 Å². The molecule has 0 aromatic rings. The number of aliphatic hydroxyl groups excluding tert-OH is 2. The molecule has 0 atom stereocenters. The van der Waals surface area contributed by atoms with Crippen molar-refractivity contribution in [2.45, 2.75) is 0 Å². The summed E-state index contributed by atoms with van der Waals surface area (Å²) in [5.74, 6) is 0. The molecule has 0 spiro atoms. The van der Waals surface area contributed by atoms with Gasteiger partial charge in [-0.2, -0.15) is 0 Å². The first-order chi connectivity index (χ1) is 9.41. The van der Waals surface area contributed by atoms with E-state index in [0.717, 1.165) is 0 Å². The van der Waals surface area contributed by atoms with Crippen LogP contribution in [0, 0.1) is 0 Å². The molecule has 15 nitrogen and oxygen atoms in total. The Morgan fingerprint density at radius 3 is 0.792 bits per heavy atom. The largest absolute Gasteiger partial charge is 3.00 e. The molecule has 0 saturated heterocycles. The molecule has 0 amide bonds. The van der Waals surface area contributed by atoms with E-state index in [0.29, 0.717) is 13.1 Å². The molecule has 0 rings (SSSR count). The monoisotopic (exact) mass is 447 g/mol. The second-order valence-electron chi connectivity index (χ2n) is 2.42. The van der Waals surface area contributed by atoms with Crippen LogP contribution in [-0.2, 0) is 31.2 Å². The van der Waals surface area contributed by atoms with Crippen LogP contribution in [0.2, 0.25) is 0 Å². The van der Waals surface area contributed by atoms with Crippen molar-refractivity contribution in [3.8, 4) is 0 Å². The van der Waals surface area contributed by atoms with Crippen molar-refractivity contribution >= 4 is 65.9 Å². The standard InChI is InChI=1S/C4H11NO2.2Al.3H2O4S/c6-3-1-5-2-4-7;;;3*1-5(2,3)4/h5-7H,1-4H2;;;3*(H2,1,2,3,4)/q;2*+3;;;/p-6. The van der Waals surface area contributed by atoms with Crippen LogP contribution in [0.1, 0.15) is 0 Å². The van der Waals surface area contributed by atoms with Gasteiger partial charge in [-0.1, -0.05) is 0 Å². The molecule has 0 aliphatic carbocycles. The minimum atomic E-state index is -5.17. The zero-order valence-electron chi connectivity index (χ0n) is 11.5. The molecule has 0 aliphatic rings. The zero-order valence-corrected chi connectivity index (χ0v) is 16.3. The molecule has 0 bridgehead atoms. The summed E-state index contributed by atoms with van der Waals surface area (Å²) in [5, 5.41) is 19.1. The van der Waals surface area contributed by atoms with Crippen LogP contribution < -0.4 is 5.32 Å². The van der Waals surface area contributed by atoms with Crippen LogP contribution in [0.25, 0.3) is 0 Å². The fraction of sp³-hybridized carbons (Fsp3) is 1.00. The van der Waals surface area contributed by atoms with Crippen LogP contribution in [0.4, 0.5) is 0 Å². The van der Waals surface area contributed by atoms with Gasteiger partial charge in [-0.15, -0.1) is 0 Å². The quantitative estimate of drug-likeness (QED) is 0.156. The minimum Gasteiger partial charge on any atom is -0.759 e. The predicted molar refractivity (Wildman–Crippen MR) is 70.0 cm³/mol. The fourth-order valence-electron chi connectivity index (χ4n) is 0.283. The summed E-state index contributed by atoms with van der Waals surface area (Å²) in [6.45, 7) is 1.42. The summed E-state index contributed by atoms with van der Waals surface area (Å²) in [4.78, 5) is 0. The summed E-state index contributed by atoms with van der Waals surface area (Å²) in [7, 11) is -15.5. The van der Waals surface area contributed by atoms with Crippen molar-refractivity contribution in [2.24, 2.45) is 0 Å². The van der Waals surface area contributed by atoms with Gasteiger partial charge in [0, 0.05) is 44.3 Å². The van der Waals surface area contributed by atoms with Gasteiger partial charge in [0.2, 0.25) is 0 Å². The van der Waals surface area contributed by atoms with Gasteiger partial charge in [0.05, 0.1) is 13.2 Å². The van der Waals surface area contributed by atoms with Crippen molar-refractivity contribution in [3.05, 3.63) is 0 Å². The van der Waals surface area contributed by atoms with Crippen LogP contribution in [0.15, 0.2) is 0 Å². The maximum atomic E-state index is 8.52. The Morgan fingerprint density at radius 1 is 0.583 bits per heavy atom. The van der Waals surface area contributed by atoms with E-state index in [1.54, 1.807) is 0 Å². The summed E-state index contributed by atoms with van der Waals surface area (Å²) in [6, 6.07) is 0. The topological polar surface area (TPSA) is 293 Å². The zero-order chi connectivity index (χ0) is 19.0. The number of aliphatic hydroxyl groups is 2. The Balaban J connectivity index is -0.0000000443. The van der Waals surface area contributed by atoms with Crippen LogP contribution in [0.3, 0.4) is 0 Å². The third kappa shape index (κ3) is 505. The summed E-state index contributed by atoms with van der Waals surface area (Å²) in [6.07, 6.45) is 0. The van der Waals surface area contributed by atoms with Crippen LogP contribution in [0.5, 0.6) is 0 Å². The fourth-order valence-corrected chi connectivity index (χ4v) is 0.283. The molecule has 0 unspecified atom stereocenters. The van der Waals surface area contributed by atoms with E-state index >= 15 is 0 Å². The Kier molecular flexibility index (Phi) is 35.6. The second-order valence-corrected chi connectivity index (χ2v) is 4.87. The SMILES string of the molecule is O=S(=O)([O-])[O-].O=S(=O)([O-])[O-].O=S(=O)([O-])[O-].OCCNCCO.[Al+3].[Al+3]. The predicted octanol–water partition coefficient (Wildman–Crippen LogP) is -6.21. The molecule has 0 radical (unpaired) electrons. The molecule has 0 fully saturated rings. The number of nitrogens with one attached hydrogen (secondary N) is 1. The smallest absolute Gasteiger partial charge is 0.759 e. The molecule has 20 heteroatoms. The Bertz CT molecular complexity index is 429. The van der Waals surface area contributed by atoms with Gasteiger partial charge in [-0.05, 0) is 0 Å². The minimum absolute atomic E-state index is 0. The van der Waals surface area contributed by atoms with Gasteiger partial charge < -0.3 is 42.8 Å². The average molecular weight is 447 g/mol. The summed E-state index contributed by atoms with van der Waals surface area (Å²) < 4.78 is 102. The van der Waals surface area contributed by atoms with Gasteiger partial charge in [-0.25, -0.2) is 0 Å². The first-order valence-corrected chi connectivity index (χ1v) is 8.34. The number of hydrogen-bond donors (Lipinski definition) is 3. The molecular weight excluding hydrogens is 436 g/mol. The second kappa shape index (κ2) is 21.6. The Hall–Kier alpha value is 0.555. The first kappa shape index (κ1) is 39.6. The van der Waals surface area contributed by atoms with Crippen molar-refractivity contribution in [1.82, 2.24) is 5.32 Å². The van der Waals surface area contributed by atoms with Gasteiger partial charge in [-0.3, -0.25) is 25.3 Å². The van der Waals surface area contributed by atoms with Crippen molar-refractivity contribution in [1.29, 1.82) is 0 Å². The molecule has 0 aliphatic heterocycles. The van der Waals surface area contributed by atoms with Gasteiger partial charge in [0.15, 0.2) is 0 Å². The van der Waals surface area contributed by atoms with E-state index in [1.165, 1.54) is 0 Å². The average Bonchev–Trinajstić information content (AvgIpc) is 2.10. The number of hydrogen-bond acceptors (Lipinski definition) is 15. The molecule has 0 aromatic carbocycles. The van der Waals surface area contributed by atoms with Gasteiger partial charge in [0.1, 0.15) is 0 Å². The first-order valence-electron chi connectivity index (χ1n) is 4.34. The van der Waals surface area contributed by atoms with E-state index in [-0.39, 0.29) is 47.9 Å². The normalized spacial score (nSPS) is 10.0. The third-order valence-electron chi connectivity index (χ3n) is 0.577.